The Bertz CT molecular complexity index is 1460. The fourth-order valence-electron chi connectivity index (χ4n) is 4.14. The minimum absolute atomic E-state index is 0.0864. The van der Waals surface area contributed by atoms with Crippen molar-refractivity contribution >= 4 is 25.1 Å². The molecule has 0 aliphatic carbocycles. The maximum absolute atomic E-state index is 13.9. The van der Waals surface area contributed by atoms with Gasteiger partial charge in [0.25, 0.3) is 0 Å². The standard InChI is InChI=1S/C25H31N6O10P/c1-15(24(36)38-11-16(9-32)10-33)30-42(37,41-17-5-3-2-4-6-17)39-13-25(12-26)22(35)20(34)21(40-25)18-7-8-19-23(27)28-14-29-31(18)19/h2-8,14-16,20-22,32-35H,9-11,13H2,1H3,(H,30,37)(H2,27,28,29)/t15-,20-,21?,22-,25+,42?/m0/s1. The fraction of sp³-hybridized carbons (Fsp3) is 0.440. The van der Waals surface area contributed by atoms with Gasteiger partial charge in [-0.1, -0.05) is 18.2 Å². The lowest BCUT2D eigenvalue weighted by Gasteiger charge is -2.28. The van der Waals surface area contributed by atoms with Crippen LogP contribution in [0.25, 0.3) is 5.52 Å². The zero-order valence-corrected chi connectivity index (χ0v) is 23.3. The number of hydrogen-bond acceptors (Lipinski definition) is 14. The molecule has 6 atom stereocenters. The molecule has 226 valence electrons. The number of anilines is 1. The first kappa shape index (κ1) is 31.3. The van der Waals surface area contributed by atoms with Gasteiger partial charge in [-0.05, 0) is 31.2 Å². The number of esters is 1. The Labute approximate surface area is 239 Å². The summed E-state index contributed by atoms with van der Waals surface area (Å²) in [6, 6.07) is 11.4. The van der Waals surface area contributed by atoms with E-state index in [1.807, 2.05) is 0 Å². The number of nitrogens with zero attached hydrogens (tertiary/aromatic N) is 4. The predicted molar refractivity (Wildman–Crippen MR) is 143 cm³/mol. The number of para-hydroxylation sites is 1. The van der Waals surface area contributed by atoms with Crippen molar-refractivity contribution in [2.24, 2.45) is 5.92 Å². The number of nitrogens with two attached hydrogens (primary N) is 1. The fourth-order valence-corrected chi connectivity index (χ4v) is 5.67. The number of aromatic nitrogens is 3. The second kappa shape index (κ2) is 13.1. The molecule has 42 heavy (non-hydrogen) atoms. The largest absolute Gasteiger partial charge is 0.464 e. The molecule has 0 spiro atoms. The van der Waals surface area contributed by atoms with Crippen LogP contribution in [-0.4, -0.2) is 91.3 Å². The molecule has 1 aliphatic rings. The van der Waals surface area contributed by atoms with E-state index in [4.69, 9.17) is 24.3 Å². The first-order valence-electron chi connectivity index (χ1n) is 12.7. The van der Waals surface area contributed by atoms with Crippen molar-refractivity contribution < 1.29 is 48.3 Å². The third kappa shape index (κ3) is 6.54. The van der Waals surface area contributed by atoms with E-state index in [0.717, 1.165) is 0 Å². The normalized spacial score (nSPS) is 24.3. The highest BCUT2D eigenvalue weighted by Gasteiger charge is 2.57. The van der Waals surface area contributed by atoms with Crippen molar-refractivity contribution in [2.75, 3.05) is 32.2 Å². The summed E-state index contributed by atoms with van der Waals surface area (Å²) in [5.74, 6) is -1.36. The summed E-state index contributed by atoms with van der Waals surface area (Å²) in [5, 5.41) is 56.8. The third-order valence-corrected chi connectivity index (χ3v) is 8.17. The molecule has 0 saturated carbocycles. The first-order chi connectivity index (χ1) is 20.1. The van der Waals surface area contributed by atoms with Crippen molar-refractivity contribution in [2.45, 2.75) is 36.9 Å². The quantitative estimate of drug-likeness (QED) is 0.108. The molecule has 16 nitrogen and oxygen atoms in total. The van der Waals surface area contributed by atoms with Crippen LogP contribution in [-0.2, 0) is 23.4 Å². The lowest BCUT2D eigenvalue weighted by atomic mass is 9.96. The van der Waals surface area contributed by atoms with Crippen LogP contribution in [0.3, 0.4) is 0 Å². The predicted octanol–water partition coefficient (Wildman–Crippen LogP) is -0.307. The number of nitriles is 1. The molecular formula is C25H31N6O10P. The van der Waals surface area contributed by atoms with E-state index >= 15 is 0 Å². The molecule has 0 bridgehead atoms. The summed E-state index contributed by atoms with van der Waals surface area (Å²) in [7, 11) is -4.51. The number of fused-ring (bicyclic) bond motifs is 1. The van der Waals surface area contributed by atoms with E-state index in [1.54, 1.807) is 30.3 Å². The number of carbonyl (C=O) groups excluding carboxylic acids is 1. The molecular weight excluding hydrogens is 575 g/mol. The van der Waals surface area contributed by atoms with Gasteiger partial charge in [-0.3, -0.25) is 9.32 Å². The summed E-state index contributed by atoms with van der Waals surface area (Å²) in [5.41, 5.74) is 4.30. The summed E-state index contributed by atoms with van der Waals surface area (Å²) in [6.45, 7) is -0.700. The summed E-state index contributed by atoms with van der Waals surface area (Å²) in [4.78, 5) is 16.4. The number of rotatable bonds is 13. The molecule has 2 aromatic heterocycles. The summed E-state index contributed by atoms with van der Waals surface area (Å²) in [6.07, 6.45) is -3.56. The number of nitrogens with one attached hydrogen (secondary N) is 1. The van der Waals surface area contributed by atoms with E-state index in [9.17, 15) is 35.0 Å². The van der Waals surface area contributed by atoms with E-state index in [0.29, 0.717) is 5.52 Å². The van der Waals surface area contributed by atoms with Gasteiger partial charge in [0.05, 0.1) is 25.5 Å². The van der Waals surface area contributed by atoms with Gasteiger partial charge in [-0.2, -0.15) is 15.4 Å². The highest BCUT2D eigenvalue weighted by molar-refractivity contribution is 7.52. The lowest BCUT2D eigenvalue weighted by molar-refractivity contribution is -0.147. The zero-order chi connectivity index (χ0) is 30.5. The van der Waals surface area contributed by atoms with Crippen molar-refractivity contribution in [1.29, 1.82) is 5.26 Å². The molecule has 2 unspecified atom stereocenters. The second-order valence-electron chi connectivity index (χ2n) is 9.56. The third-order valence-electron chi connectivity index (χ3n) is 6.54. The number of aliphatic hydroxyl groups excluding tert-OH is 4. The highest BCUT2D eigenvalue weighted by atomic mass is 31.2. The molecule has 4 rings (SSSR count). The molecule has 1 saturated heterocycles. The van der Waals surface area contributed by atoms with Crippen LogP contribution < -0.4 is 15.3 Å². The van der Waals surface area contributed by atoms with Gasteiger partial charge in [0.2, 0.25) is 5.60 Å². The molecule has 17 heteroatoms. The molecule has 0 amide bonds. The number of ether oxygens (including phenoxy) is 2. The number of carbonyl (C=O) groups is 1. The Morgan fingerprint density at radius 3 is 2.64 bits per heavy atom. The molecule has 7 N–H and O–H groups in total. The highest BCUT2D eigenvalue weighted by Crippen LogP contribution is 2.48. The van der Waals surface area contributed by atoms with Crippen LogP contribution in [0.5, 0.6) is 5.75 Å². The van der Waals surface area contributed by atoms with Crippen molar-refractivity contribution in [3.63, 3.8) is 0 Å². The van der Waals surface area contributed by atoms with Gasteiger partial charge in [0.1, 0.15) is 54.6 Å². The minimum Gasteiger partial charge on any atom is -0.464 e. The molecule has 1 fully saturated rings. The second-order valence-corrected chi connectivity index (χ2v) is 11.3. The molecule has 1 aromatic carbocycles. The van der Waals surface area contributed by atoms with Gasteiger partial charge in [0, 0.05) is 5.92 Å². The topological polar surface area (TPSA) is 244 Å². The SMILES string of the molecule is C[C@H](NP(=O)(OC[C@@]1(C#N)OC(c2ccc3c(N)ncnn23)[C@H](O)[C@@H]1O)Oc1ccccc1)C(=O)OCC(CO)CO. The zero-order valence-electron chi connectivity index (χ0n) is 22.4. The molecule has 3 aromatic rings. The smallest absolute Gasteiger partial charge is 0.459 e. The monoisotopic (exact) mass is 606 g/mol. The van der Waals surface area contributed by atoms with Crippen molar-refractivity contribution in [3.05, 3.63) is 54.5 Å². The Morgan fingerprint density at radius 1 is 1.26 bits per heavy atom. The average Bonchev–Trinajstić information content (AvgIpc) is 3.52. The van der Waals surface area contributed by atoms with Gasteiger partial charge >= 0.3 is 13.7 Å². The molecule has 0 radical (unpaired) electrons. The lowest BCUT2D eigenvalue weighted by Crippen LogP contribution is -2.46. The van der Waals surface area contributed by atoms with Gasteiger partial charge in [-0.15, -0.1) is 0 Å². The Kier molecular flexibility index (Phi) is 9.77. The Balaban J connectivity index is 1.55. The number of aliphatic hydroxyl groups is 4. The Hall–Kier alpha value is -3.65. The average molecular weight is 607 g/mol. The Morgan fingerprint density at radius 2 is 1.98 bits per heavy atom. The summed E-state index contributed by atoms with van der Waals surface area (Å²) < 4.78 is 37.3. The first-order valence-corrected chi connectivity index (χ1v) is 14.3. The van der Waals surface area contributed by atoms with Crippen LogP contribution in [0.15, 0.2) is 48.8 Å². The minimum atomic E-state index is -4.51. The van der Waals surface area contributed by atoms with E-state index in [2.05, 4.69) is 15.2 Å². The molecule has 3 heterocycles. The number of hydrogen-bond donors (Lipinski definition) is 6. The van der Waals surface area contributed by atoms with Crippen molar-refractivity contribution in [3.8, 4) is 11.8 Å². The molecule has 1 aliphatic heterocycles. The van der Waals surface area contributed by atoms with E-state index < -0.39 is 69.4 Å². The van der Waals surface area contributed by atoms with E-state index in [1.165, 1.54) is 36.0 Å². The van der Waals surface area contributed by atoms with Crippen LogP contribution in [0.1, 0.15) is 18.7 Å². The van der Waals surface area contributed by atoms with E-state index in [-0.39, 0.29) is 23.9 Å². The van der Waals surface area contributed by atoms with Crippen LogP contribution in [0.4, 0.5) is 5.82 Å². The summed E-state index contributed by atoms with van der Waals surface area (Å²) >= 11 is 0. The van der Waals surface area contributed by atoms with Gasteiger partial charge in [0.15, 0.2) is 5.82 Å². The van der Waals surface area contributed by atoms with Gasteiger partial charge in [-0.25, -0.2) is 14.1 Å². The maximum Gasteiger partial charge on any atom is 0.459 e. The van der Waals surface area contributed by atoms with Crippen LogP contribution in [0, 0.1) is 17.2 Å². The van der Waals surface area contributed by atoms with Crippen molar-refractivity contribution in [1.82, 2.24) is 19.7 Å². The van der Waals surface area contributed by atoms with Crippen LogP contribution >= 0.6 is 7.75 Å². The van der Waals surface area contributed by atoms with Crippen LogP contribution in [0.2, 0.25) is 0 Å². The van der Waals surface area contributed by atoms with Gasteiger partial charge < -0.3 is 40.2 Å². The number of nitrogen functional groups attached to an aromatic ring is 1. The maximum atomic E-state index is 13.9. The number of benzene rings is 1.